The fourth-order valence-electron chi connectivity index (χ4n) is 1.69. The van der Waals surface area contributed by atoms with Crippen LogP contribution in [-0.4, -0.2) is 89.4 Å². The molecule has 0 aromatic heterocycles. The van der Waals surface area contributed by atoms with Crippen molar-refractivity contribution >= 4 is 73.4 Å². The van der Waals surface area contributed by atoms with Crippen LogP contribution < -0.4 is 21.7 Å². The third-order valence-electron chi connectivity index (χ3n) is 2.93. The quantitative estimate of drug-likeness (QED) is 0.227. The molecule has 7 N–H and O–H groups in total. The topological polar surface area (TPSA) is 190 Å². The summed E-state index contributed by atoms with van der Waals surface area (Å²) in [5.74, 6) is -3.54. The minimum Gasteiger partial charge on any atom is -0.545 e. The van der Waals surface area contributed by atoms with Gasteiger partial charge in [-0.3, -0.25) is 4.55 Å². The van der Waals surface area contributed by atoms with Crippen LogP contribution in [0.4, 0.5) is 0 Å². The molecule has 0 bridgehead atoms. The molecular weight excluding hydrogens is 379 g/mol. The van der Waals surface area contributed by atoms with Gasteiger partial charge in [0.05, 0.1) is 29.9 Å². The maximum atomic E-state index is 10.7. The summed E-state index contributed by atoms with van der Waals surface area (Å²) in [6, 6.07) is 1.83. The van der Waals surface area contributed by atoms with Crippen molar-refractivity contribution in [1.82, 2.24) is 0 Å². The molecule has 0 fully saturated rings. The van der Waals surface area contributed by atoms with Crippen molar-refractivity contribution in [1.29, 1.82) is 0 Å². The zero-order chi connectivity index (χ0) is 18.8. The van der Waals surface area contributed by atoms with Gasteiger partial charge in [0, 0.05) is 51.4 Å². The fourth-order valence-corrected chi connectivity index (χ4v) is 2.24. The third kappa shape index (κ3) is 11.8. The van der Waals surface area contributed by atoms with Crippen LogP contribution in [0.3, 0.4) is 0 Å². The second-order valence-electron chi connectivity index (χ2n) is 4.92. The standard InChI is InChI=1S/C8H6O7S.C6H16N2.K/c9-7(10)4-1-5(8(11)12)3-6(2-4)16(13,14)15;7-5-3-1-2-4-6-8;/h1-3H,(H,9,10)(H,11,12)(H,13,14,15);1-8H2;. The molecule has 0 aliphatic heterocycles. The molecular formula is C14H22KN2O7S. The summed E-state index contributed by atoms with van der Waals surface area (Å²) in [5, 5.41) is 20.9. The van der Waals surface area contributed by atoms with Crippen LogP contribution in [-0.2, 0) is 10.1 Å². The third-order valence-corrected chi connectivity index (χ3v) is 3.76. The Kier molecular flexibility index (Phi) is 14.8. The van der Waals surface area contributed by atoms with Crippen LogP contribution in [0.5, 0.6) is 0 Å². The van der Waals surface area contributed by atoms with E-state index in [-0.39, 0.29) is 51.4 Å². The molecule has 0 amide bonds. The van der Waals surface area contributed by atoms with Gasteiger partial charge in [-0.1, -0.05) is 0 Å². The Hall–Kier alpha value is -0.374. The van der Waals surface area contributed by atoms with Gasteiger partial charge in [0.25, 0.3) is 10.1 Å². The summed E-state index contributed by atoms with van der Waals surface area (Å²) in [6.45, 7) is 2.19. The molecule has 1 aromatic carbocycles. The van der Waals surface area contributed by atoms with Gasteiger partial charge >= 0.3 is 0 Å². The minimum atomic E-state index is -4.70. The normalized spacial score (nSPS) is 10.2. The Morgan fingerprint density at radius 1 is 0.880 bits per heavy atom. The molecule has 137 valence electrons. The van der Waals surface area contributed by atoms with Crippen molar-refractivity contribution in [2.45, 2.75) is 30.6 Å². The van der Waals surface area contributed by atoms with E-state index >= 15 is 0 Å². The first-order valence-corrected chi connectivity index (χ1v) is 8.71. The summed E-state index contributed by atoms with van der Waals surface area (Å²) in [4.78, 5) is 20.1. The van der Waals surface area contributed by atoms with E-state index in [0.717, 1.165) is 13.1 Å². The van der Waals surface area contributed by atoms with E-state index in [1.165, 1.54) is 25.7 Å². The molecule has 0 saturated carbocycles. The maximum absolute atomic E-state index is 10.7. The number of carbonyl (C=O) groups excluding carboxylic acids is 2. The molecule has 1 radical (unpaired) electrons. The number of hydrogen-bond donors (Lipinski definition) is 3. The predicted molar refractivity (Wildman–Crippen MR) is 84.6 cm³/mol. The van der Waals surface area contributed by atoms with E-state index in [0.29, 0.717) is 18.2 Å². The van der Waals surface area contributed by atoms with E-state index in [9.17, 15) is 28.2 Å². The Bertz CT molecular complexity index is 627. The van der Waals surface area contributed by atoms with Crippen LogP contribution in [0.2, 0.25) is 0 Å². The van der Waals surface area contributed by atoms with Crippen molar-refractivity contribution in [2.24, 2.45) is 0 Å². The summed E-state index contributed by atoms with van der Waals surface area (Å²) in [5.41, 5.74) is 6.16. The molecule has 11 heteroatoms. The number of benzene rings is 1. The van der Waals surface area contributed by atoms with Gasteiger partial charge in [0.1, 0.15) is 0 Å². The molecule has 0 unspecified atom stereocenters. The smallest absolute Gasteiger partial charge is 0.294 e. The van der Waals surface area contributed by atoms with Crippen molar-refractivity contribution in [3.8, 4) is 0 Å². The van der Waals surface area contributed by atoms with Gasteiger partial charge in [0.2, 0.25) is 0 Å². The number of carboxylic acid groups (broad SMARTS) is 2. The Morgan fingerprint density at radius 2 is 1.24 bits per heavy atom. The first-order valence-electron chi connectivity index (χ1n) is 7.27. The summed E-state index contributed by atoms with van der Waals surface area (Å²) >= 11 is 0. The van der Waals surface area contributed by atoms with Crippen molar-refractivity contribution in [3.05, 3.63) is 29.3 Å². The largest absolute Gasteiger partial charge is 0.545 e. The number of carbonyl (C=O) groups is 2. The fraction of sp³-hybridized carbons (Fsp3) is 0.429. The van der Waals surface area contributed by atoms with Gasteiger partial charge in [-0.15, -0.1) is 0 Å². The van der Waals surface area contributed by atoms with Crippen LogP contribution in [0.15, 0.2) is 23.1 Å². The zero-order valence-electron chi connectivity index (χ0n) is 14.2. The maximum Gasteiger partial charge on any atom is 0.294 e. The van der Waals surface area contributed by atoms with E-state index in [1.807, 2.05) is 0 Å². The predicted octanol–water partition coefficient (Wildman–Crippen LogP) is -3.69. The molecule has 0 atom stereocenters. The first kappa shape index (κ1) is 26.9. The number of quaternary nitrogens is 2. The molecule has 9 nitrogen and oxygen atoms in total. The molecule has 0 aliphatic carbocycles. The summed E-state index contributed by atoms with van der Waals surface area (Å²) < 4.78 is 30.1. The molecule has 0 aliphatic rings. The first-order chi connectivity index (χ1) is 11.1. The van der Waals surface area contributed by atoms with E-state index in [1.54, 1.807) is 0 Å². The molecule has 25 heavy (non-hydrogen) atoms. The molecule has 0 saturated heterocycles. The SMILES string of the molecule is O=C([O-])c1cc(C(=O)[O-])cc(S(=O)(=O)O)c1.[K].[NH3+]CCCCCC[NH3+]. The van der Waals surface area contributed by atoms with Gasteiger partial charge in [0.15, 0.2) is 0 Å². The van der Waals surface area contributed by atoms with Gasteiger partial charge in [-0.05, 0) is 55.0 Å². The van der Waals surface area contributed by atoms with Crippen LogP contribution in [0.1, 0.15) is 46.4 Å². The zero-order valence-corrected chi connectivity index (χ0v) is 18.1. The Labute approximate surface area is 188 Å². The number of hydrogen-bond acceptors (Lipinski definition) is 6. The number of rotatable bonds is 8. The van der Waals surface area contributed by atoms with Gasteiger partial charge in [-0.2, -0.15) is 8.42 Å². The van der Waals surface area contributed by atoms with Gasteiger partial charge in [-0.25, -0.2) is 0 Å². The second-order valence-corrected chi connectivity index (χ2v) is 6.34. The number of aromatic carboxylic acids is 2. The number of unbranched alkanes of at least 4 members (excludes halogenated alkanes) is 3. The number of carboxylic acids is 2. The van der Waals surface area contributed by atoms with Crippen LogP contribution in [0.25, 0.3) is 0 Å². The van der Waals surface area contributed by atoms with Crippen molar-refractivity contribution in [3.63, 3.8) is 0 Å². The van der Waals surface area contributed by atoms with Crippen molar-refractivity contribution < 1.29 is 44.2 Å². The van der Waals surface area contributed by atoms with Crippen LogP contribution in [0, 0.1) is 0 Å². The molecule has 1 aromatic rings. The van der Waals surface area contributed by atoms with Gasteiger partial charge < -0.3 is 31.3 Å². The van der Waals surface area contributed by atoms with Crippen LogP contribution >= 0.6 is 0 Å². The molecule has 0 spiro atoms. The monoisotopic (exact) mass is 401 g/mol. The summed E-state index contributed by atoms with van der Waals surface area (Å²) in [6.07, 6.45) is 5.28. The van der Waals surface area contributed by atoms with E-state index in [2.05, 4.69) is 11.5 Å². The summed E-state index contributed by atoms with van der Waals surface area (Å²) in [7, 11) is -4.70. The Balaban J connectivity index is 0. The molecule has 0 heterocycles. The average Bonchev–Trinajstić information content (AvgIpc) is 2.51. The second kappa shape index (κ2) is 13.8. The minimum absolute atomic E-state index is 0. The Morgan fingerprint density at radius 3 is 1.48 bits per heavy atom. The average molecular weight is 402 g/mol. The molecule has 1 rings (SSSR count). The van der Waals surface area contributed by atoms with E-state index < -0.39 is 38.1 Å². The van der Waals surface area contributed by atoms with E-state index in [4.69, 9.17) is 4.55 Å². The van der Waals surface area contributed by atoms with Crippen molar-refractivity contribution in [2.75, 3.05) is 13.1 Å².